The normalized spacial score (nSPS) is 10.4. The molecule has 18 heavy (non-hydrogen) atoms. The number of ether oxygens (including phenoxy) is 1. The van der Waals surface area contributed by atoms with Crippen LogP contribution in [0.2, 0.25) is 0 Å². The highest BCUT2D eigenvalue weighted by atomic mass is 32.1. The standard InChI is InChI=1S/C13H9F3OS/c14-9-3-8(4-10(15)5-9)7-17-13-2-1-11(18)6-12(13)16/h1-6,18H,7H2. The van der Waals surface area contributed by atoms with Gasteiger partial charge in [0.1, 0.15) is 18.2 Å². The van der Waals surface area contributed by atoms with E-state index in [9.17, 15) is 13.2 Å². The minimum atomic E-state index is -0.695. The Hall–Kier alpha value is -1.62. The number of hydrogen-bond donors (Lipinski definition) is 1. The van der Waals surface area contributed by atoms with E-state index < -0.39 is 17.5 Å². The van der Waals surface area contributed by atoms with Crippen molar-refractivity contribution in [3.05, 3.63) is 59.4 Å². The van der Waals surface area contributed by atoms with Crippen molar-refractivity contribution in [3.63, 3.8) is 0 Å². The highest BCUT2D eigenvalue weighted by Crippen LogP contribution is 2.21. The topological polar surface area (TPSA) is 9.23 Å². The molecule has 94 valence electrons. The second-order valence-electron chi connectivity index (χ2n) is 3.68. The summed E-state index contributed by atoms with van der Waals surface area (Å²) >= 11 is 3.97. The average molecular weight is 270 g/mol. The van der Waals surface area contributed by atoms with E-state index in [1.165, 1.54) is 12.1 Å². The lowest BCUT2D eigenvalue weighted by molar-refractivity contribution is 0.288. The molecular weight excluding hydrogens is 261 g/mol. The van der Waals surface area contributed by atoms with Crippen molar-refractivity contribution in [2.24, 2.45) is 0 Å². The lowest BCUT2D eigenvalue weighted by Gasteiger charge is -2.08. The SMILES string of the molecule is Fc1cc(F)cc(COc2ccc(S)cc2F)c1. The molecule has 0 saturated carbocycles. The number of benzene rings is 2. The summed E-state index contributed by atoms with van der Waals surface area (Å²) in [7, 11) is 0. The van der Waals surface area contributed by atoms with E-state index in [1.807, 2.05) is 0 Å². The van der Waals surface area contributed by atoms with Crippen LogP contribution in [0.15, 0.2) is 41.3 Å². The van der Waals surface area contributed by atoms with E-state index in [0.717, 1.165) is 18.2 Å². The lowest BCUT2D eigenvalue weighted by Crippen LogP contribution is -1.98. The molecule has 0 spiro atoms. The van der Waals surface area contributed by atoms with Crippen molar-refractivity contribution in [2.75, 3.05) is 0 Å². The number of rotatable bonds is 3. The molecule has 0 aliphatic carbocycles. The highest BCUT2D eigenvalue weighted by Gasteiger charge is 2.05. The van der Waals surface area contributed by atoms with Crippen LogP contribution in [-0.4, -0.2) is 0 Å². The lowest BCUT2D eigenvalue weighted by atomic mass is 10.2. The molecule has 1 nitrogen and oxygen atoms in total. The summed E-state index contributed by atoms with van der Waals surface area (Å²) in [5.74, 6) is -1.95. The average Bonchev–Trinajstić information content (AvgIpc) is 2.26. The summed E-state index contributed by atoms with van der Waals surface area (Å²) in [4.78, 5) is 0.469. The van der Waals surface area contributed by atoms with Gasteiger partial charge in [-0.2, -0.15) is 0 Å². The van der Waals surface area contributed by atoms with E-state index in [0.29, 0.717) is 10.5 Å². The van der Waals surface area contributed by atoms with Gasteiger partial charge in [-0.05, 0) is 35.9 Å². The van der Waals surface area contributed by atoms with E-state index in [2.05, 4.69) is 12.6 Å². The predicted molar refractivity (Wildman–Crippen MR) is 64.3 cm³/mol. The Bertz CT molecular complexity index is 552. The van der Waals surface area contributed by atoms with Gasteiger partial charge < -0.3 is 4.74 Å². The van der Waals surface area contributed by atoms with Crippen LogP contribution in [0.3, 0.4) is 0 Å². The molecule has 2 aromatic rings. The van der Waals surface area contributed by atoms with Crippen LogP contribution in [-0.2, 0) is 6.61 Å². The minimum Gasteiger partial charge on any atom is -0.486 e. The van der Waals surface area contributed by atoms with Gasteiger partial charge in [0.05, 0.1) is 0 Å². The predicted octanol–water partition coefficient (Wildman–Crippen LogP) is 3.97. The molecule has 0 aromatic heterocycles. The quantitative estimate of drug-likeness (QED) is 0.830. The van der Waals surface area contributed by atoms with Crippen LogP contribution >= 0.6 is 12.6 Å². The van der Waals surface area contributed by atoms with Crippen molar-refractivity contribution in [1.82, 2.24) is 0 Å². The van der Waals surface area contributed by atoms with Crippen molar-refractivity contribution in [3.8, 4) is 5.75 Å². The van der Waals surface area contributed by atoms with Gasteiger partial charge in [0.15, 0.2) is 11.6 Å². The molecule has 0 atom stereocenters. The zero-order valence-corrected chi connectivity index (χ0v) is 10.1. The van der Waals surface area contributed by atoms with E-state index in [4.69, 9.17) is 4.74 Å². The molecule has 0 aliphatic rings. The second-order valence-corrected chi connectivity index (χ2v) is 4.20. The summed E-state index contributed by atoms with van der Waals surface area (Å²) in [5, 5.41) is 0. The first-order valence-electron chi connectivity index (χ1n) is 5.11. The minimum absolute atomic E-state index is 0.0115. The van der Waals surface area contributed by atoms with Crippen LogP contribution in [0.5, 0.6) is 5.75 Å². The van der Waals surface area contributed by atoms with E-state index in [1.54, 1.807) is 6.07 Å². The maximum absolute atomic E-state index is 13.4. The molecule has 0 bridgehead atoms. The van der Waals surface area contributed by atoms with Gasteiger partial charge in [0.25, 0.3) is 0 Å². The molecule has 0 N–H and O–H groups in total. The zero-order valence-electron chi connectivity index (χ0n) is 9.16. The first-order chi connectivity index (χ1) is 8.54. The Morgan fingerprint density at radius 3 is 2.22 bits per heavy atom. The fourth-order valence-electron chi connectivity index (χ4n) is 1.46. The third-order valence-corrected chi connectivity index (χ3v) is 2.51. The molecular formula is C13H9F3OS. The van der Waals surface area contributed by atoms with Crippen LogP contribution in [0.1, 0.15) is 5.56 Å². The van der Waals surface area contributed by atoms with Crippen molar-refractivity contribution in [2.45, 2.75) is 11.5 Å². The van der Waals surface area contributed by atoms with E-state index in [-0.39, 0.29) is 12.4 Å². The summed E-state index contributed by atoms with van der Waals surface area (Å²) in [6.07, 6.45) is 0. The smallest absolute Gasteiger partial charge is 0.166 e. The third-order valence-electron chi connectivity index (χ3n) is 2.23. The van der Waals surface area contributed by atoms with Crippen LogP contribution in [0.25, 0.3) is 0 Å². The Labute approximate surface area is 108 Å². The summed E-state index contributed by atoms with van der Waals surface area (Å²) < 4.78 is 44.3. The van der Waals surface area contributed by atoms with Gasteiger partial charge in [0, 0.05) is 11.0 Å². The molecule has 0 radical (unpaired) electrons. The van der Waals surface area contributed by atoms with Gasteiger partial charge in [-0.1, -0.05) is 0 Å². The molecule has 2 rings (SSSR count). The fraction of sp³-hybridized carbons (Fsp3) is 0.0769. The first-order valence-corrected chi connectivity index (χ1v) is 5.55. The monoisotopic (exact) mass is 270 g/mol. The van der Waals surface area contributed by atoms with Crippen LogP contribution in [0, 0.1) is 17.5 Å². The summed E-state index contributed by atoms with van der Waals surface area (Å²) in [6, 6.07) is 7.20. The summed E-state index contributed by atoms with van der Waals surface area (Å²) in [6.45, 7) is -0.114. The van der Waals surface area contributed by atoms with Gasteiger partial charge >= 0.3 is 0 Å². The maximum Gasteiger partial charge on any atom is 0.166 e. The molecule has 0 fully saturated rings. The fourth-order valence-corrected chi connectivity index (χ4v) is 1.65. The largest absolute Gasteiger partial charge is 0.486 e. The highest BCUT2D eigenvalue weighted by molar-refractivity contribution is 7.80. The van der Waals surface area contributed by atoms with E-state index >= 15 is 0 Å². The maximum atomic E-state index is 13.4. The molecule has 2 aromatic carbocycles. The van der Waals surface area contributed by atoms with Crippen molar-refractivity contribution < 1.29 is 17.9 Å². The Kier molecular flexibility index (Phi) is 3.81. The van der Waals surface area contributed by atoms with Gasteiger partial charge in [-0.25, -0.2) is 13.2 Å². The van der Waals surface area contributed by atoms with Crippen LogP contribution < -0.4 is 4.74 Å². The first kappa shape index (κ1) is 12.8. The Morgan fingerprint density at radius 1 is 0.944 bits per heavy atom. The summed E-state index contributed by atoms with van der Waals surface area (Å²) in [5.41, 5.74) is 0.293. The molecule has 0 amide bonds. The molecule has 0 saturated heterocycles. The van der Waals surface area contributed by atoms with Crippen molar-refractivity contribution in [1.29, 1.82) is 0 Å². The van der Waals surface area contributed by atoms with Crippen LogP contribution in [0.4, 0.5) is 13.2 Å². The number of thiol groups is 1. The van der Waals surface area contributed by atoms with Gasteiger partial charge in [-0.15, -0.1) is 12.6 Å². The number of halogens is 3. The molecule has 5 heteroatoms. The van der Waals surface area contributed by atoms with Crippen molar-refractivity contribution >= 4 is 12.6 Å². The molecule has 0 aliphatic heterocycles. The Balaban J connectivity index is 2.11. The Morgan fingerprint density at radius 2 is 1.61 bits per heavy atom. The van der Waals surface area contributed by atoms with Gasteiger partial charge in [-0.3, -0.25) is 0 Å². The third kappa shape index (κ3) is 3.20. The second kappa shape index (κ2) is 5.35. The number of hydrogen-bond acceptors (Lipinski definition) is 2. The zero-order chi connectivity index (χ0) is 13.1. The molecule has 0 unspecified atom stereocenters. The molecule has 0 heterocycles. The van der Waals surface area contributed by atoms with Gasteiger partial charge in [0.2, 0.25) is 0 Å².